The Labute approximate surface area is 503 Å². The summed E-state index contributed by atoms with van der Waals surface area (Å²) in [4.78, 5) is 78.6. The Hall–Kier alpha value is -6.36. The Balaban J connectivity index is 0.00000968. The molecular weight excluding hydrogens is 1060 g/mol. The van der Waals surface area contributed by atoms with Gasteiger partial charge in [-0.1, -0.05) is 60.0 Å². The zero-order valence-corrected chi connectivity index (χ0v) is 51.2. The first kappa shape index (κ1) is 63.2. The number of aromatic carboxylic acids is 4. The standard InChI is InChI=1S/C65H80N2O14.Na/c1-35(2)12-10-13-36(3)49-20-21-50-44-19-18-42-28-37(24-26-64(42,4)51(44)25-27-65(49,50)5)14-11-15-43(40-31-47(62(74)75)56(80-8)52(33-40)66-58(68)38-16-22-54(78-6)45(29-38)60(70)71)41-32-48(63(76)77)57(81-9)53(34-41)67-59(69)39-17-23-55(79-7)46(30-39)61(72)73;/h15-17,22-23,29-37,42,44,49-51H,10-14,18-21,24-28H2,1-9H3,(H,66,68)(H,67,69)(H,70,71)(H,72,73)(H,74,75)(H,76,77);/t36?,37-,42-,44-,49+,50-,51-,64-,65+;/m0./s1. The molecule has 1 unspecified atom stereocenters. The molecule has 2 amide bonds. The number of hydrogen-bond acceptors (Lipinski definition) is 10. The van der Waals surface area contributed by atoms with E-state index in [9.17, 15) is 49.2 Å². The maximum Gasteiger partial charge on any atom is 0.339 e. The first-order valence-corrected chi connectivity index (χ1v) is 28.6. The maximum absolute atomic E-state index is 14.0. The molecule has 0 heterocycles. The number of rotatable bonds is 22. The molecule has 0 bridgehead atoms. The van der Waals surface area contributed by atoms with Crippen LogP contribution in [0.2, 0.25) is 0 Å². The van der Waals surface area contributed by atoms with Crippen LogP contribution in [0.4, 0.5) is 11.4 Å². The second kappa shape index (κ2) is 26.5. The number of benzene rings is 4. The van der Waals surface area contributed by atoms with Gasteiger partial charge in [0.15, 0.2) is 11.5 Å². The monoisotopic (exact) mass is 1140 g/mol. The number of anilines is 2. The van der Waals surface area contributed by atoms with Gasteiger partial charge in [0.05, 0.1) is 39.8 Å². The predicted octanol–water partition coefficient (Wildman–Crippen LogP) is 13.6. The quantitative estimate of drug-likeness (QED) is 0.0401. The van der Waals surface area contributed by atoms with Gasteiger partial charge in [-0.25, -0.2) is 19.2 Å². The van der Waals surface area contributed by atoms with Gasteiger partial charge in [-0.2, -0.15) is 0 Å². The van der Waals surface area contributed by atoms with Crippen molar-refractivity contribution in [1.29, 1.82) is 0 Å². The van der Waals surface area contributed by atoms with E-state index in [4.69, 9.17) is 18.9 Å². The van der Waals surface area contributed by atoms with Gasteiger partial charge in [0.1, 0.15) is 33.8 Å². The van der Waals surface area contributed by atoms with Crippen LogP contribution in [-0.4, -0.2) is 114 Å². The number of nitrogens with one attached hydrogen (secondary N) is 2. The third-order valence-electron chi connectivity index (χ3n) is 19.4. The first-order valence-electron chi connectivity index (χ1n) is 28.6. The zero-order chi connectivity index (χ0) is 58.7. The molecule has 16 nitrogen and oxygen atoms in total. The van der Waals surface area contributed by atoms with Gasteiger partial charge >= 0.3 is 23.9 Å². The molecule has 435 valence electrons. The van der Waals surface area contributed by atoms with Crippen LogP contribution in [0.3, 0.4) is 0 Å². The van der Waals surface area contributed by atoms with Gasteiger partial charge in [-0.15, -0.1) is 0 Å². The average molecular weight is 1140 g/mol. The summed E-state index contributed by atoms with van der Waals surface area (Å²) in [6.07, 6.45) is 18.3. The average Bonchev–Trinajstić information content (AvgIpc) is 2.71. The van der Waals surface area contributed by atoms with Gasteiger partial charge in [-0.05, 0) is 206 Å². The van der Waals surface area contributed by atoms with Crippen molar-refractivity contribution < 1.29 is 68.1 Å². The van der Waals surface area contributed by atoms with E-state index in [0.29, 0.717) is 35.2 Å². The van der Waals surface area contributed by atoms with Crippen LogP contribution in [0.1, 0.15) is 198 Å². The van der Waals surface area contributed by atoms with Crippen LogP contribution < -0.4 is 29.6 Å². The molecule has 9 atom stereocenters. The van der Waals surface area contributed by atoms with Gasteiger partial charge < -0.3 is 50.0 Å². The molecule has 0 aliphatic heterocycles. The number of allylic oxidation sites excluding steroid dienone is 1. The van der Waals surface area contributed by atoms with Crippen LogP contribution in [0, 0.1) is 58.2 Å². The molecule has 17 heteroatoms. The Bertz CT molecular complexity index is 2970. The van der Waals surface area contributed by atoms with Crippen LogP contribution in [-0.2, 0) is 0 Å². The fourth-order valence-electron chi connectivity index (χ4n) is 15.4. The van der Waals surface area contributed by atoms with Crippen molar-refractivity contribution in [3.63, 3.8) is 0 Å². The number of carboxylic acids is 4. The molecule has 1 radical (unpaired) electrons. The van der Waals surface area contributed by atoms with E-state index < -0.39 is 35.7 Å². The summed E-state index contributed by atoms with van der Waals surface area (Å²) in [7, 11) is 5.09. The van der Waals surface area contributed by atoms with Crippen molar-refractivity contribution in [2.75, 3.05) is 39.1 Å². The zero-order valence-electron chi connectivity index (χ0n) is 49.2. The molecule has 4 aliphatic rings. The summed E-state index contributed by atoms with van der Waals surface area (Å²) >= 11 is 0. The molecule has 0 aromatic heterocycles. The number of fused-ring (bicyclic) bond motifs is 5. The van der Waals surface area contributed by atoms with Crippen molar-refractivity contribution in [2.45, 2.75) is 125 Å². The molecule has 0 spiro atoms. The van der Waals surface area contributed by atoms with Crippen LogP contribution in [0.15, 0.2) is 66.7 Å². The van der Waals surface area contributed by atoms with E-state index in [1.807, 2.05) is 6.08 Å². The van der Waals surface area contributed by atoms with Crippen molar-refractivity contribution in [1.82, 2.24) is 0 Å². The Morgan fingerprint density at radius 1 is 0.585 bits per heavy atom. The van der Waals surface area contributed by atoms with Crippen molar-refractivity contribution in [3.05, 3.63) is 111 Å². The number of methoxy groups -OCH3 is 4. The normalized spacial score (nSPS) is 23.8. The van der Waals surface area contributed by atoms with Gasteiger partial charge in [-0.3, -0.25) is 9.59 Å². The van der Waals surface area contributed by atoms with E-state index in [-0.39, 0.29) is 114 Å². The third-order valence-corrected chi connectivity index (χ3v) is 19.4. The number of carbonyl (C=O) groups is 6. The fraction of sp³-hybridized carbons (Fsp3) is 0.508. The van der Waals surface area contributed by atoms with Crippen LogP contribution >= 0.6 is 0 Å². The summed E-state index contributed by atoms with van der Waals surface area (Å²) in [5, 5.41) is 46.7. The molecule has 8 rings (SSSR count). The third kappa shape index (κ3) is 12.9. The number of carbonyl (C=O) groups excluding carboxylic acids is 2. The first-order chi connectivity index (χ1) is 38.6. The number of amides is 2. The molecule has 4 aromatic rings. The second-order valence-electron chi connectivity index (χ2n) is 24.2. The van der Waals surface area contributed by atoms with E-state index >= 15 is 0 Å². The Morgan fingerprint density at radius 2 is 1.07 bits per heavy atom. The Kier molecular flexibility index (Phi) is 20.4. The van der Waals surface area contributed by atoms with Gasteiger partial charge in [0.2, 0.25) is 0 Å². The molecule has 4 aliphatic carbocycles. The minimum absolute atomic E-state index is 0. The van der Waals surface area contributed by atoms with Gasteiger partial charge in [0, 0.05) is 40.7 Å². The second-order valence-corrected chi connectivity index (χ2v) is 24.2. The maximum atomic E-state index is 14.0. The molecule has 0 saturated heterocycles. The van der Waals surface area contributed by atoms with E-state index in [1.54, 1.807) is 0 Å². The Morgan fingerprint density at radius 3 is 1.55 bits per heavy atom. The molecule has 6 N–H and O–H groups in total. The van der Waals surface area contributed by atoms with E-state index in [2.05, 4.69) is 45.3 Å². The SMILES string of the molecule is COc1ccc(C(=O)Nc2cc(C(=CCC[C@H]3CC[C@@]4(C)[C@@H](CC[C@@H]5[C@@H]4CC[C@]4(C)[C@@H](C(C)CCCC(C)C)CC[C@@H]54)C3)c3cc(NC(=O)c4ccc(OC)c(C(=O)O)c4)c(OC)c(C(=O)O)c3)cc(C(=O)O)c2OC)cc1C(=O)O.[Na]. The predicted molar refractivity (Wildman–Crippen MR) is 314 cm³/mol. The smallest absolute Gasteiger partial charge is 0.339 e. The summed E-state index contributed by atoms with van der Waals surface area (Å²) in [6, 6.07) is 13.4. The van der Waals surface area contributed by atoms with E-state index in [0.717, 1.165) is 67.4 Å². The summed E-state index contributed by atoms with van der Waals surface area (Å²) in [5.74, 6) is -1.90. The molecule has 4 aromatic carbocycles. The minimum atomic E-state index is -1.41. The minimum Gasteiger partial charge on any atom is -0.496 e. The molecule has 4 saturated carbocycles. The molecular formula is C65H80N2NaO14. The topological polar surface area (TPSA) is 244 Å². The van der Waals surface area contributed by atoms with Gasteiger partial charge in [0.25, 0.3) is 11.8 Å². The fourth-order valence-corrected chi connectivity index (χ4v) is 15.4. The summed E-state index contributed by atoms with van der Waals surface area (Å²) in [6.45, 7) is 12.4. The molecule has 82 heavy (non-hydrogen) atoms. The van der Waals surface area contributed by atoms with Crippen LogP contribution in [0.25, 0.3) is 5.57 Å². The number of ether oxygens (including phenoxy) is 4. The summed E-state index contributed by atoms with van der Waals surface area (Å²) in [5.41, 5.74) is -0.0547. The number of hydrogen-bond donors (Lipinski definition) is 6. The van der Waals surface area contributed by atoms with Crippen molar-refractivity contribution in [3.8, 4) is 23.0 Å². The largest absolute Gasteiger partial charge is 0.496 e. The summed E-state index contributed by atoms with van der Waals surface area (Å²) < 4.78 is 21.6. The van der Waals surface area contributed by atoms with Crippen molar-refractivity contribution >= 4 is 82.2 Å². The number of carboxylic acid groups (broad SMARTS) is 4. The van der Waals surface area contributed by atoms with Crippen molar-refractivity contribution in [2.24, 2.45) is 58.2 Å². The molecule has 4 fully saturated rings. The van der Waals surface area contributed by atoms with Crippen LogP contribution in [0.5, 0.6) is 23.0 Å². The van der Waals surface area contributed by atoms with E-state index in [1.165, 1.54) is 135 Å².